The van der Waals surface area contributed by atoms with E-state index in [9.17, 15) is 4.79 Å². The third kappa shape index (κ3) is 2.50. The molecule has 3 heterocycles. The Bertz CT molecular complexity index is 1050. The summed E-state index contributed by atoms with van der Waals surface area (Å²) < 4.78 is 1.58. The number of fused-ring (bicyclic) bond motifs is 1. The smallest absolute Gasteiger partial charge is 0.295 e. The third-order valence-electron chi connectivity index (χ3n) is 6.94. The maximum Gasteiger partial charge on any atom is 0.297 e. The Morgan fingerprint density at radius 2 is 1.89 bits per heavy atom. The van der Waals surface area contributed by atoms with Crippen LogP contribution in [0.3, 0.4) is 0 Å². The van der Waals surface area contributed by atoms with Gasteiger partial charge in [0.05, 0.1) is 5.69 Å². The first-order chi connectivity index (χ1) is 13.6. The SMILES string of the molecule is Cc1ccnc2nc(C(=O)Nc3nc(C45CC6CC(CC(C6)C4)C5)cs3)nn12. The van der Waals surface area contributed by atoms with Gasteiger partial charge in [-0.05, 0) is 69.3 Å². The van der Waals surface area contributed by atoms with Crippen LogP contribution in [-0.2, 0) is 5.41 Å². The Labute approximate surface area is 166 Å². The first-order valence-corrected chi connectivity index (χ1v) is 10.9. The van der Waals surface area contributed by atoms with Gasteiger partial charge in [-0.25, -0.2) is 14.5 Å². The minimum absolute atomic E-state index is 0.119. The molecule has 7 nitrogen and oxygen atoms in total. The van der Waals surface area contributed by atoms with Crippen molar-refractivity contribution in [2.75, 3.05) is 5.32 Å². The molecule has 0 spiro atoms. The van der Waals surface area contributed by atoms with Gasteiger partial charge in [0.2, 0.25) is 5.82 Å². The van der Waals surface area contributed by atoms with Crippen LogP contribution in [-0.4, -0.2) is 30.5 Å². The van der Waals surface area contributed by atoms with Gasteiger partial charge in [-0.1, -0.05) is 0 Å². The molecule has 0 saturated heterocycles. The number of carbonyl (C=O) groups is 1. The Kier molecular flexibility index (Phi) is 3.45. The molecule has 0 radical (unpaired) electrons. The summed E-state index contributed by atoms with van der Waals surface area (Å²) in [4.78, 5) is 25.9. The van der Waals surface area contributed by atoms with Crippen LogP contribution in [0.15, 0.2) is 17.6 Å². The predicted molar refractivity (Wildman–Crippen MR) is 105 cm³/mol. The van der Waals surface area contributed by atoms with Crippen LogP contribution in [0.25, 0.3) is 5.78 Å². The van der Waals surface area contributed by atoms with Crippen LogP contribution >= 0.6 is 11.3 Å². The van der Waals surface area contributed by atoms with Crippen molar-refractivity contribution in [3.63, 3.8) is 0 Å². The minimum atomic E-state index is -0.337. The Morgan fingerprint density at radius 3 is 2.57 bits per heavy atom. The van der Waals surface area contributed by atoms with E-state index >= 15 is 0 Å². The quantitative estimate of drug-likeness (QED) is 0.733. The van der Waals surface area contributed by atoms with Gasteiger partial charge in [-0.15, -0.1) is 16.4 Å². The van der Waals surface area contributed by atoms with Crippen LogP contribution in [0.4, 0.5) is 5.13 Å². The molecule has 1 N–H and O–H groups in total. The minimum Gasteiger partial charge on any atom is -0.295 e. The van der Waals surface area contributed by atoms with E-state index in [1.165, 1.54) is 55.6 Å². The average molecular weight is 395 g/mol. The normalized spacial score (nSPS) is 30.8. The van der Waals surface area contributed by atoms with Gasteiger partial charge in [0.15, 0.2) is 5.13 Å². The zero-order valence-corrected chi connectivity index (χ0v) is 16.6. The predicted octanol–water partition coefficient (Wildman–Crippen LogP) is 3.61. The van der Waals surface area contributed by atoms with Crippen molar-refractivity contribution in [2.24, 2.45) is 17.8 Å². The molecule has 0 aromatic carbocycles. The van der Waals surface area contributed by atoms with Crippen molar-refractivity contribution in [2.45, 2.75) is 50.9 Å². The number of amides is 1. The second-order valence-electron chi connectivity index (χ2n) is 8.92. The fraction of sp³-hybridized carbons (Fsp3) is 0.550. The van der Waals surface area contributed by atoms with Crippen LogP contribution in [0.2, 0.25) is 0 Å². The number of hydrogen-bond acceptors (Lipinski definition) is 6. The molecule has 1 amide bonds. The second-order valence-corrected chi connectivity index (χ2v) is 9.78. The zero-order valence-electron chi connectivity index (χ0n) is 15.8. The molecular formula is C20H22N6OS. The summed E-state index contributed by atoms with van der Waals surface area (Å²) in [5.74, 6) is 2.85. The molecule has 4 bridgehead atoms. The highest BCUT2D eigenvalue weighted by Crippen LogP contribution is 2.60. The first kappa shape index (κ1) is 16.6. The van der Waals surface area contributed by atoms with Crippen molar-refractivity contribution in [1.29, 1.82) is 0 Å². The molecule has 3 aromatic heterocycles. The van der Waals surface area contributed by atoms with Gasteiger partial charge in [0.1, 0.15) is 0 Å². The Balaban J connectivity index is 1.25. The standard InChI is InChI=1S/C20H22N6OS/c1-11-2-3-21-18-23-16(25-26(11)18)17(27)24-19-22-15(10-28-19)20-7-12-4-13(8-20)6-14(5-12)9-20/h2-3,10,12-14H,4-9H2,1H3,(H,22,24,27). The number of thiazole rings is 1. The Morgan fingerprint density at radius 1 is 1.18 bits per heavy atom. The summed E-state index contributed by atoms with van der Waals surface area (Å²) in [6.07, 6.45) is 9.73. The Hall–Kier alpha value is -2.35. The molecule has 4 saturated carbocycles. The summed E-state index contributed by atoms with van der Waals surface area (Å²) in [7, 11) is 0. The lowest BCUT2D eigenvalue weighted by molar-refractivity contribution is -0.00688. The average Bonchev–Trinajstić information content (AvgIpc) is 3.28. The number of nitrogens with zero attached hydrogens (tertiary/aromatic N) is 5. The zero-order chi connectivity index (χ0) is 18.9. The fourth-order valence-corrected chi connectivity index (χ4v) is 6.98. The molecule has 7 rings (SSSR count). The maximum absolute atomic E-state index is 12.6. The summed E-state index contributed by atoms with van der Waals surface area (Å²) >= 11 is 1.51. The van der Waals surface area contributed by atoms with Crippen molar-refractivity contribution in [1.82, 2.24) is 24.6 Å². The molecule has 3 aromatic rings. The van der Waals surface area contributed by atoms with Gasteiger partial charge in [-0.3, -0.25) is 10.1 Å². The van der Waals surface area contributed by atoms with Crippen molar-refractivity contribution in [3.05, 3.63) is 34.9 Å². The van der Waals surface area contributed by atoms with E-state index in [0.29, 0.717) is 10.9 Å². The van der Waals surface area contributed by atoms with E-state index in [-0.39, 0.29) is 17.1 Å². The van der Waals surface area contributed by atoms with Gasteiger partial charge in [0, 0.05) is 22.7 Å². The van der Waals surface area contributed by atoms with Gasteiger partial charge >= 0.3 is 0 Å². The van der Waals surface area contributed by atoms with Crippen LogP contribution in [0.5, 0.6) is 0 Å². The molecule has 8 heteroatoms. The second kappa shape index (κ2) is 5.83. The van der Waals surface area contributed by atoms with Gasteiger partial charge in [-0.2, -0.15) is 4.98 Å². The molecule has 0 aliphatic heterocycles. The van der Waals surface area contributed by atoms with Crippen LogP contribution < -0.4 is 5.32 Å². The van der Waals surface area contributed by atoms with Crippen molar-refractivity contribution in [3.8, 4) is 0 Å². The van der Waals surface area contributed by atoms with E-state index < -0.39 is 0 Å². The monoisotopic (exact) mass is 394 g/mol. The summed E-state index contributed by atoms with van der Waals surface area (Å²) in [6, 6.07) is 1.84. The van der Waals surface area contributed by atoms with E-state index in [1.807, 2.05) is 13.0 Å². The molecule has 0 atom stereocenters. The van der Waals surface area contributed by atoms with Crippen LogP contribution in [0.1, 0.15) is 60.5 Å². The lowest BCUT2D eigenvalue weighted by atomic mass is 9.49. The first-order valence-electron chi connectivity index (χ1n) is 10.0. The maximum atomic E-state index is 12.6. The topological polar surface area (TPSA) is 85.1 Å². The van der Waals surface area contributed by atoms with Gasteiger partial charge in [0.25, 0.3) is 11.7 Å². The summed E-state index contributed by atoms with van der Waals surface area (Å²) in [5.41, 5.74) is 2.32. The fourth-order valence-electron chi connectivity index (χ4n) is 6.15. The molecule has 28 heavy (non-hydrogen) atoms. The summed E-state index contributed by atoms with van der Waals surface area (Å²) in [5, 5.41) is 9.97. The number of carbonyl (C=O) groups excluding carboxylic acids is 1. The van der Waals surface area contributed by atoms with E-state index in [4.69, 9.17) is 4.98 Å². The van der Waals surface area contributed by atoms with Crippen molar-refractivity contribution >= 4 is 28.2 Å². The van der Waals surface area contributed by atoms with Crippen molar-refractivity contribution < 1.29 is 4.79 Å². The lowest BCUT2D eigenvalue weighted by Crippen LogP contribution is -2.48. The number of nitrogens with one attached hydrogen (secondary N) is 1. The van der Waals surface area contributed by atoms with E-state index in [0.717, 1.165) is 23.4 Å². The number of hydrogen-bond donors (Lipinski definition) is 1. The highest BCUT2D eigenvalue weighted by molar-refractivity contribution is 7.14. The largest absolute Gasteiger partial charge is 0.297 e. The molecular weight excluding hydrogens is 372 g/mol. The summed E-state index contributed by atoms with van der Waals surface area (Å²) in [6.45, 7) is 1.91. The van der Waals surface area contributed by atoms with Crippen LogP contribution in [0, 0.1) is 24.7 Å². The molecule has 0 unspecified atom stereocenters. The molecule has 144 valence electrons. The van der Waals surface area contributed by atoms with E-state index in [2.05, 4.69) is 25.8 Å². The molecule has 4 aliphatic rings. The number of anilines is 1. The highest BCUT2D eigenvalue weighted by Gasteiger charge is 2.52. The third-order valence-corrected chi connectivity index (χ3v) is 7.70. The number of aromatic nitrogens is 5. The number of aryl methyl sites for hydroxylation is 1. The molecule has 4 fully saturated rings. The van der Waals surface area contributed by atoms with E-state index in [1.54, 1.807) is 10.7 Å². The lowest BCUT2D eigenvalue weighted by Gasteiger charge is -2.56. The molecule has 4 aliphatic carbocycles. The highest BCUT2D eigenvalue weighted by atomic mass is 32.1. The number of rotatable bonds is 3. The van der Waals surface area contributed by atoms with Gasteiger partial charge < -0.3 is 0 Å².